The lowest BCUT2D eigenvalue weighted by molar-refractivity contribution is -0.206. The standard InChI is InChI=1S/C14H4.C13H16F3NOSi.C10H10F3NO.B14/c1-3-5-7-9-11-13-14-12-10-8-6-4-2;1-19(2,3)18-12(13(14,15)16)10-5-4-9-6-7-17-11(9)8-10;11-10(12,13)9(15)7-2-1-6-3-4-14-8(6)5-7;1-9(2)13(10(3)4)14(11(5)6)12(7)8/h1-2H2;4-8,12,17H,1-3H3;1-2,5,9,14-15H,3-4H2;. The second-order valence-corrected chi connectivity index (χ2v) is 18.5. The topological polar surface area (TPSA) is 57.3 Å². The second kappa shape index (κ2) is 26.9. The predicted octanol–water partition coefficient (Wildman–Crippen LogP) is 4.21. The second-order valence-electron chi connectivity index (χ2n) is 14.1. The summed E-state index contributed by atoms with van der Waals surface area (Å²) in [6.07, 6.45) is -14.8. The van der Waals surface area contributed by atoms with Crippen molar-refractivity contribution in [1.29, 1.82) is 0 Å². The van der Waals surface area contributed by atoms with Gasteiger partial charge in [-0.2, -0.15) is 26.3 Å². The van der Waals surface area contributed by atoms with Gasteiger partial charge in [-0.3, -0.25) is 0 Å². The van der Waals surface area contributed by atoms with Gasteiger partial charge in [0.25, 0.3) is 0 Å². The summed E-state index contributed by atoms with van der Waals surface area (Å²) < 4.78 is 81.4. The Labute approximate surface area is 374 Å². The maximum absolute atomic E-state index is 13.1. The molecule has 0 spiro atoms. The molecule has 2 unspecified atom stereocenters. The molecular weight excluding hydrogens is 798 g/mol. The molecule has 0 bridgehead atoms. The van der Waals surface area contributed by atoms with Crippen LogP contribution in [0.5, 0.6) is 0 Å². The lowest BCUT2D eigenvalue weighted by Crippen LogP contribution is -2.72. The Balaban J connectivity index is 0.000000418. The zero-order valence-corrected chi connectivity index (χ0v) is 35.3. The maximum atomic E-state index is 13.1. The summed E-state index contributed by atoms with van der Waals surface area (Å²) in [5, 5.41) is 12.9. The maximum Gasteiger partial charge on any atom is 0.418 e. The number of aromatic nitrogens is 1. The molecule has 0 aliphatic carbocycles. The molecule has 4 nitrogen and oxygen atoms in total. The Bertz CT molecular complexity index is 2310. The third kappa shape index (κ3) is 20.6. The van der Waals surface area contributed by atoms with E-state index < -0.39 is 71.2 Å². The van der Waals surface area contributed by atoms with Crippen LogP contribution in [-0.4, -0.2) is 138 Å². The smallest absolute Gasteiger partial charge is 0.403 e. The van der Waals surface area contributed by atoms with E-state index in [1.165, 1.54) is 24.3 Å². The van der Waals surface area contributed by atoms with Crippen molar-refractivity contribution in [2.24, 2.45) is 0 Å². The van der Waals surface area contributed by atoms with E-state index in [2.05, 4.69) is 92.2 Å². The zero-order valence-electron chi connectivity index (χ0n) is 34.3. The summed E-state index contributed by atoms with van der Waals surface area (Å²) in [6.45, 7) is 12.6. The van der Waals surface area contributed by atoms with E-state index in [1.807, 2.05) is 6.07 Å². The molecule has 2 atom stereocenters. The average molecular weight is 828 g/mol. The van der Waals surface area contributed by atoms with Crippen LogP contribution in [0.15, 0.2) is 131 Å². The first-order valence-electron chi connectivity index (χ1n) is 18.4. The average Bonchev–Trinajstić information content (AvgIpc) is 3.85. The van der Waals surface area contributed by atoms with Crippen LogP contribution in [0.2, 0.25) is 19.6 Å². The molecule has 1 aliphatic rings. The highest BCUT2D eigenvalue weighted by Crippen LogP contribution is 2.39. The van der Waals surface area contributed by atoms with Crippen LogP contribution in [0.25, 0.3) is 10.9 Å². The third-order valence-electron chi connectivity index (χ3n) is 8.08. The molecular formula is C37H30B14F6N2O2Si. The first-order valence-corrected chi connectivity index (χ1v) is 21.8. The summed E-state index contributed by atoms with van der Waals surface area (Å²) in [6, 6.07) is 10.8. The van der Waals surface area contributed by atoms with E-state index in [0.717, 1.165) is 23.9 Å². The first kappa shape index (κ1) is 55.5. The number of rotatable bonds is 9. The van der Waals surface area contributed by atoms with Crippen molar-refractivity contribution in [3.63, 3.8) is 0 Å². The van der Waals surface area contributed by atoms with Crippen molar-refractivity contribution < 1.29 is 35.9 Å². The number of fused-ring (bicyclic) bond motifs is 2. The number of benzene rings is 2. The molecule has 3 aromatic rings. The van der Waals surface area contributed by atoms with Crippen LogP contribution in [0.3, 0.4) is 0 Å². The fraction of sp³-hybridized carbons (Fsp3) is 0.243. The Hall–Kier alpha value is -4.49. The predicted molar refractivity (Wildman–Crippen MR) is 255 cm³/mol. The van der Waals surface area contributed by atoms with Crippen LogP contribution in [0, 0.1) is 0 Å². The van der Waals surface area contributed by atoms with Crippen molar-refractivity contribution in [3.05, 3.63) is 147 Å². The van der Waals surface area contributed by atoms with Gasteiger partial charge < -0.3 is 19.8 Å². The Morgan fingerprint density at radius 2 is 1.11 bits per heavy atom. The van der Waals surface area contributed by atoms with E-state index in [9.17, 15) is 26.3 Å². The van der Waals surface area contributed by atoms with Crippen LogP contribution in [0.4, 0.5) is 32.0 Å². The highest BCUT2D eigenvalue weighted by atomic mass is 28.4. The van der Waals surface area contributed by atoms with Gasteiger partial charge in [-0.1, -0.05) is 35.7 Å². The Morgan fingerprint density at radius 3 is 1.52 bits per heavy atom. The number of hydrogen-bond donors (Lipinski definition) is 3. The van der Waals surface area contributed by atoms with Crippen molar-refractivity contribution in [2.75, 3.05) is 11.9 Å². The van der Waals surface area contributed by atoms with E-state index in [4.69, 9.17) is 71.4 Å². The molecule has 25 heteroatoms. The van der Waals surface area contributed by atoms with Crippen molar-refractivity contribution in [1.82, 2.24) is 4.98 Å². The minimum Gasteiger partial charge on any atom is -0.403 e. The summed E-state index contributed by atoms with van der Waals surface area (Å²) in [5.41, 5.74) is 31.8. The molecule has 1 aliphatic heterocycles. The molecule has 4 rings (SSSR count). The van der Waals surface area contributed by atoms with Crippen molar-refractivity contribution in [3.8, 4) is 0 Å². The van der Waals surface area contributed by atoms with Crippen LogP contribution in [-0.2, 0) is 10.8 Å². The molecule has 0 amide bonds. The minimum atomic E-state index is -4.60. The van der Waals surface area contributed by atoms with Crippen molar-refractivity contribution in [2.45, 2.75) is 50.6 Å². The molecule has 2 heterocycles. The Morgan fingerprint density at radius 1 is 0.661 bits per heavy atom. The minimum absolute atomic E-state index is 0.115. The van der Waals surface area contributed by atoms with E-state index in [0.29, 0.717) is 11.2 Å². The van der Waals surface area contributed by atoms with Gasteiger partial charge in [0, 0.05) is 124 Å². The number of nitrogens with one attached hydrogen (secondary N) is 2. The SMILES string of the molecule is C=C=C=C=C=C=C=C=C=C=C=C=C=C.C[Si](C)(C)OC(c1ccc2cc[nH]c2c1)C(F)(F)F.OC(c1ccc2c(c1)NCC2)C(F)(F)F.[B]B([B])B(B([B])[B])B(B([B])[B])B([B])[B]. The van der Waals surface area contributed by atoms with Gasteiger partial charge in [-0.25, -0.2) is 0 Å². The number of alkyl halides is 6. The van der Waals surface area contributed by atoms with Gasteiger partial charge in [-0.05, 0) is 137 Å². The molecule has 0 saturated carbocycles. The summed E-state index contributed by atoms with van der Waals surface area (Å²) in [5.74, 6) is 0. The summed E-state index contributed by atoms with van der Waals surface area (Å²) >= 11 is 0. The zero-order chi connectivity index (χ0) is 47.3. The van der Waals surface area contributed by atoms with Gasteiger partial charge in [0.15, 0.2) is 20.5 Å². The van der Waals surface area contributed by atoms with Crippen LogP contribution < -0.4 is 5.32 Å². The molecule has 62 heavy (non-hydrogen) atoms. The normalized spacial score (nSPS) is 11.5. The van der Waals surface area contributed by atoms with Gasteiger partial charge in [0.2, 0.25) is 0 Å². The van der Waals surface area contributed by atoms with Gasteiger partial charge in [0.1, 0.15) is 0 Å². The molecule has 3 N–H and O–H groups in total. The lowest BCUT2D eigenvalue weighted by Gasteiger charge is -2.34. The molecule has 288 valence electrons. The number of aliphatic hydroxyl groups is 1. The fourth-order valence-electron chi connectivity index (χ4n) is 5.45. The monoisotopic (exact) mass is 830 g/mol. The largest absolute Gasteiger partial charge is 0.418 e. The van der Waals surface area contributed by atoms with Gasteiger partial charge in [-0.15, -0.1) is 0 Å². The van der Waals surface area contributed by atoms with Gasteiger partial charge >= 0.3 is 12.4 Å². The molecule has 0 saturated heterocycles. The summed E-state index contributed by atoms with van der Waals surface area (Å²) in [4.78, 5) is 2.92. The third-order valence-corrected chi connectivity index (χ3v) is 9.02. The van der Waals surface area contributed by atoms with Gasteiger partial charge in [0.05, 0.1) is 0 Å². The lowest BCUT2D eigenvalue weighted by atomic mass is 8.47. The highest BCUT2D eigenvalue weighted by molar-refractivity contribution is 8.10. The first-order chi connectivity index (χ1) is 28.8. The van der Waals surface area contributed by atoms with Crippen LogP contribution >= 0.6 is 0 Å². The Kier molecular flexibility index (Phi) is 24.1. The summed E-state index contributed by atoms with van der Waals surface area (Å²) in [7, 11) is 41.8. The van der Waals surface area contributed by atoms with E-state index in [1.54, 1.807) is 38.0 Å². The number of aromatic amines is 1. The van der Waals surface area contributed by atoms with Crippen LogP contribution in [0.1, 0.15) is 28.9 Å². The number of halogens is 6. The number of hydrogen-bond acceptors (Lipinski definition) is 3. The number of anilines is 1. The van der Waals surface area contributed by atoms with Crippen molar-refractivity contribution >= 4 is 125 Å². The molecule has 2 aromatic carbocycles. The fourth-order valence-corrected chi connectivity index (χ4v) is 6.43. The molecule has 1 aromatic heterocycles. The molecule has 0 fully saturated rings. The van der Waals surface area contributed by atoms with E-state index in [-0.39, 0.29) is 11.1 Å². The quantitative estimate of drug-likeness (QED) is 0.173. The van der Waals surface area contributed by atoms with E-state index >= 15 is 0 Å². The highest BCUT2D eigenvalue weighted by Gasteiger charge is 2.44. The number of H-pyrrole nitrogens is 1. The molecule has 16 radical (unpaired) electrons. The number of aliphatic hydroxyl groups excluding tert-OH is 1.